The van der Waals surface area contributed by atoms with E-state index in [1.807, 2.05) is 0 Å². The second kappa shape index (κ2) is 5.31. The van der Waals surface area contributed by atoms with Crippen molar-refractivity contribution < 1.29 is 13.6 Å². The highest BCUT2D eigenvalue weighted by atomic mass is 79.9. The zero-order valence-electron chi connectivity index (χ0n) is 9.61. The topological polar surface area (TPSA) is 30.2 Å². The normalized spacial score (nSPS) is 11.1. The maximum Gasteiger partial charge on any atom is 0.221 e. The first-order chi connectivity index (χ1) is 8.56. The van der Waals surface area contributed by atoms with Gasteiger partial charge in [0.05, 0.1) is 4.47 Å². The van der Waals surface area contributed by atoms with Crippen molar-refractivity contribution in [2.75, 3.05) is 0 Å². The first kappa shape index (κ1) is 12.8. The average molecular weight is 309 g/mol. The molecule has 0 aliphatic heterocycles. The molecule has 0 unspecified atom stereocenters. The Morgan fingerprint density at radius 1 is 1.33 bits per heavy atom. The molecule has 1 aromatic heterocycles. The lowest BCUT2D eigenvalue weighted by atomic mass is 10.2. The summed E-state index contributed by atoms with van der Waals surface area (Å²) in [5.41, 5.74) is 0.736. The zero-order valence-corrected chi connectivity index (χ0v) is 11.2. The summed E-state index contributed by atoms with van der Waals surface area (Å²) in [6.07, 6.45) is 3.02. The molecule has 0 aliphatic rings. The third-order valence-electron chi connectivity index (χ3n) is 2.35. The average Bonchev–Trinajstić information content (AvgIpc) is 2.77. The Balaban J connectivity index is 2.15. The van der Waals surface area contributed by atoms with E-state index in [0.717, 1.165) is 5.56 Å². The molecule has 0 aliphatic carbocycles. The number of carbonyl (C=O) groups is 1. The number of ketones is 1. The van der Waals surface area contributed by atoms with Crippen LogP contribution >= 0.6 is 15.9 Å². The fourth-order valence-corrected chi connectivity index (χ4v) is 1.83. The van der Waals surface area contributed by atoms with Gasteiger partial charge < -0.3 is 4.42 Å². The monoisotopic (exact) mass is 308 g/mol. The Kier molecular flexibility index (Phi) is 3.77. The quantitative estimate of drug-likeness (QED) is 0.622. The Bertz CT molecular complexity index is 614. The summed E-state index contributed by atoms with van der Waals surface area (Å²) in [5.74, 6) is 0.435. The van der Waals surface area contributed by atoms with Crippen LogP contribution in [-0.4, -0.2) is 5.78 Å². The van der Waals surface area contributed by atoms with E-state index in [-0.39, 0.29) is 11.6 Å². The third-order valence-corrected chi connectivity index (χ3v) is 2.96. The molecule has 4 heteroatoms. The molecule has 0 bridgehead atoms. The fourth-order valence-electron chi connectivity index (χ4n) is 1.44. The molecular weight excluding hydrogens is 299 g/mol. The number of hydrogen-bond donors (Lipinski definition) is 0. The van der Waals surface area contributed by atoms with Gasteiger partial charge in [0.25, 0.3) is 0 Å². The molecule has 18 heavy (non-hydrogen) atoms. The zero-order chi connectivity index (χ0) is 13.1. The van der Waals surface area contributed by atoms with E-state index in [2.05, 4.69) is 15.9 Å². The number of rotatable bonds is 3. The van der Waals surface area contributed by atoms with Crippen LogP contribution in [0, 0.1) is 12.7 Å². The molecule has 0 saturated heterocycles. The van der Waals surface area contributed by atoms with Crippen molar-refractivity contribution in [3.63, 3.8) is 0 Å². The Labute approximate surface area is 112 Å². The summed E-state index contributed by atoms with van der Waals surface area (Å²) in [7, 11) is 0. The van der Waals surface area contributed by atoms with Gasteiger partial charge in [0.2, 0.25) is 5.78 Å². The molecule has 0 atom stereocenters. The van der Waals surface area contributed by atoms with Crippen molar-refractivity contribution in [3.05, 3.63) is 63.8 Å². The molecule has 1 aromatic carbocycles. The van der Waals surface area contributed by atoms with Crippen molar-refractivity contribution >= 4 is 27.8 Å². The molecule has 0 amide bonds. The van der Waals surface area contributed by atoms with Gasteiger partial charge in [-0.05, 0) is 58.8 Å². The van der Waals surface area contributed by atoms with E-state index in [1.54, 1.807) is 37.3 Å². The lowest BCUT2D eigenvalue weighted by Crippen LogP contribution is -1.90. The smallest absolute Gasteiger partial charge is 0.221 e. The first-order valence-corrected chi connectivity index (χ1v) is 6.09. The van der Waals surface area contributed by atoms with Crippen molar-refractivity contribution in [1.29, 1.82) is 0 Å². The molecule has 2 rings (SSSR count). The SMILES string of the molecule is Cc1ccc(C(=O)C=Cc2ccc(F)c(Br)c2)o1. The molecule has 92 valence electrons. The summed E-state index contributed by atoms with van der Waals surface area (Å²) in [6.45, 7) is 1.78. The van der Waals surface area contributed by atoms with Crippen LogP contribution in [0.5, 0.6) is 0 Å². The van der Waals surface area contributed by atoms with Crippen molar-refractivity contribution in [1.82, 2.24) is 0 Å². The van der Waals surface area contributed by atoms with Gasteiger partial charge in [0, 0.05) is 0 Å². The summed E-state index contributed by atoms with van der Waals surface area (Å²) in [5, 5.41) is 0. The van der Waals surface area contributed by atoms with Crippen LogP contribution in [0.3, 0.4) is 0 Å². The molecule has 0 fully saturated rings. The molecular formula is C14H10BrFO2. The Hall–Kier alpha value is -1.68. The van der Waals surface area contributed by atoms with Gasteiger partial charge in [-0.15, -0.1) is 0 Å². The van der Waals surface area contributed by atoms with E-state index in [9.17, 15) is 9.18 Å². The summed E-state index contributed by atoms with van der Waals surface area (Å²) in [4.78, 5) is 11.7. The number of benzene rings is 1. The van der Waals surface area contributed by atoms with Gasteiger partial charge in [0.15, 0.2) is 5.76 Å². The minimum Gasteiger partial charge on any atom is -0.458 e. The number of furan rings is 1. The molecule has 2 aromatic rings. The van der Waals surface area contributed by atoms with Crippen LogP contribution < -0.4 is 0 Å². The van der Waals surface area contributed by atoms with Gasteiger partial charge in [-0.1, -0.05) is 12.1 Å². The van der Waals surface area contributed by atoms with Crippen LogP contribution in [0.2, 0.25) is 0 Å². The first-order valence-electron chi connectivity index (χ1n) is 5.30. The van der Waals surface area contributed by atoms with Crippen LogP contribution in [0.25, 0.3) is 6.08 Å². The van der Waals surface area contributed by atoms with E-state index >= 15 is 0 Å². The van der Waals surface area contributed by atoms with Crippen LogP contribution in [0.1, 0.15) is 21.9 Å². The summed E-state index contributed by atoms with van der Waals surface area (Å²) in [6, 6.07) is 7.90. The molecule has 0 spiro atoms. The second-order valence-corrected chi connectivity index (χ2v) is 4.64. The van der Waals surface area contributed by atoms with E-state index < -0.39 is 0 Å². The number of allylic oxidation sites excluding steroid dienone is 1. The fraction of sp³-hybridized carbons (Fsp3) is 0.0714. The van der Waals surface area contributed by atoms with Crippen LogP contribution in [0.4, 0.5) is 4.39 Å². The molecule has 0 radical (unpaired) electrons. The largest absolute Gasteiger partial charge is 0.458 e. The summed E-state index contributed by atoms with van der Waals surface area (Å²) >= 11 is 3.09. The Morgan fingerprint density at radius 3 is 2.72 bits per heavy atom. The highest BCUT2D eigenvalue weighted by Gasteiger charge is 2.06. The van der Waals surface area contributed by atoms with Crippen molar-refractivity contribution in [2.45, 2.75) is 6.92 Å². The number of halogens is 2. The van der Waals surface area contributed by atoms with Gasteiger partial charge in [0.1, 0.15) is 11.6 Å². The molecule has 1 heterocycles. The lowest BCUT2D eigenvalue weighted by Gasteiger charge is -1.96. The Morgan fingerprint density at radius 2 is 2.11 bits per heavy atom. The van der Waals surface area contributed by atoms with E-state index in [0.29, 0.717) is 16.0 Å². The predicted molar refractivity (Wildman–Crippen MR) is 70.9 cm³/mol. The molecule has 0 N–H and O–H groups in total. The van der Waals surface area contributed by atoms with E-state index in [1.165, 1.54) is 12.1 Å². The highest BCUT2D eigenvalue weighted by molar-refractivity contribution is 9.10. The molecule has 0 saturated carbocycles. The number of aryl methyl sites for hydroxylation is 1. The van der Waals surface area contributed by atoms with Gasteiger partial charge in [-0.3, -0.25) is 4.79 Å². The number of carbonyl (C=O) groups excluding carboxylic acids is 1. The van der Waals surface area contributed by atoms with E-state index in [4.69, 9.17) is 4.42 Å². The van der Waals surface area contributed by atoms with Crippen LogP contribution in [-0.2, 0) is 0 Å². The maximum absolute atomic E-state index is 13.0. The van der Waals surface area contributed by atoms with Gasteiger partial charge >= 0.3 is 0 Å². The minimum absolute atomic E-state index is 0.219. The van der Waals surface area contributed by atoms with Crippen molar-refractivity contribution in [3.8, 4) is 0 Å². The lowest BCUT2D eigenvalue weighted by molar-refractivity contribution is 0.102. The predicted octanol–water partition coefficient (Wildman–Crippen LogP) is 4.39. The van der Waals surface area contributed by atoms with Crippen molar-refractivity contribution in [2.24, 2.45) is 0 Å². The van der Waals surface area contributed by atoms with Crippen LogP contribution in [0.15, 0.2) is 45.3 Å². The standard InChI is InChI=1S/C14H10BrFO2/c1-9-2-7-14(18-9)13(17)6-4-10-3-5-12(16)11(15)8-10/h2-8H,1H3. The third kappa shape index (κ3) is 2.96. The maximum atomic E-state index is 13.0. The highest BCUT2D eigenvalue weighted by Crippen LogP contribution is 2.18. The van der Waals surface area contributed by atoms with Gasteiger partial charge in [-0.2, -0.15) is 0 Å². The second-order valence-electron chi connectivity index (χ2n) is 3.78. The molecule has 2 nitrogen and oxygen atoms in total. The number of hydrogen-bond acceptors (Lipinski definition) is 2. The minimum atomic E-state index is -0.333. The van der Waals surface area contributed by atoms with Gasteiger partial charge in [-0.25, -0.2) is 4.39 Å². The summed E-state index contributed by atoms with van der Waals surface area (Å²) < 4.78 is 18.6.